The highest BCUT2D eigenvalue weighted by Crippen LogP contribution is 2.26. The summed E-state index contributed by atoms with van der Waals surface area (Å²) in [4.78, 5) is 14.0. The molecular formula is C13H23ClN4O. The summed E-state index contributed by atoms with van der Waals surface area (Å²) < 4.78 is 0. The summed E-state index contributed by atoms with van der Waals surface area (Å²) in [6, 6.07) is 1.65. The summed E-state index contributed by atoms with van der Waals surface area (Å²) in [5, 5.41) is 6.99. The number of piperidine rings is 1. The van der Waals surface area contributed by atoms with Gasteiger partial charge in [-0.05, 0) is 24.8 Å². The molecule has 0 radical (unpaired) electrons. The van der Waals surface area contributed by atoms with Crippen LogP contribution in [0.4, 0.5) is 0 Å². The minimum Gasteiger partial charge on any atom is -0.341 e. The molecule has 108 valence electrons. The van der Waals surface area contributed by atoms with E-state index in [1.54, 1.807) is 6.20 Å². The van der Waals surface area contributed by atoms with Crippen LogP contribution < -0.4 is 5.73 Å². The molecule has 19 heavy (non-hydrogen) atoms. The minimum atomic E-state index is -0.367. The number of amides is 1. The SMILES string of the molecule is CC(C)[C@H](N)C(=O)N1CCC(c2ccn[nH]2)CC1.Cl. The normalized spacial score (nSPS) is 18.2. The average Bonchev–Trinajstić information content (AvgIpc) is 2.91. The Morgan fingerprint density at radius 2 is 2.11 bits per heavy atom. The monoisotopic (exact) mass is 286 g/mol. The first-order chi connectivity index (χ1) is 8.59. The smallest absolute Gasteiger partial charge is 0.239 e. The molecule has 1 aromatic heterocycles. The highest BCUT2D eigenvalue weighted by molar-refractivity contribution is 5.85. The summed E-state index contributed by atoms with van der Waals surface area (Å²) in [5.74, 6) is 0.780. The molecule has 5 nitrogen and oxygen atoms in total. The number of nitrogens with two attached hydrogens (primary N) is 1. The summed E-state index contributed by atoms with van der Waals surface area (Å²) in [6.45, 7) is 5.56. The molecule has 0 unspecified atom stereocenters. The third kappa shape index (κ3) is 3.70. The molecule has 2 rings (SSSR count). The van der Waals surface area contributed by atoms with Gasteiger partial charge in [0.05, 0.1) is 6.04 Å². The van der Waals surface area contributed by atoms with Crippen LogP contribution in [0.5, 0.6) is 0 Å². The molecule has 2 heterocycles. The Hall–Kier alpha value is -1.07. The van der Waals surface area contributed by atoms with E-state index in [1.165, 1.54) is 5.69 Å². The summed E-state index contributed by atoms with van der Waals surface area (Å²) in [6.07, 6.45) is 3.75. The number of nitrogens with one attached hydrogen (secondary N) is 1. The number of carbonyl (C=O) groups is 1. The number of nitrogens with zero attached hydrogens (tertiary/aromatic N) is 2. The molecule has 1 fully saturated rings. The largest absolute Gasteiger partial charge is 0.341 e. The number of rotatable bonds is 3. The van der Waals surface area contributed by atoms with Crippen molar-refractivity contribution < 1.29 is 4.79 Å². The topological polar surface area (TPSA) is 75.0 Å². The highest BCUT2D eigenvalue weighted by atomic mass is 35.5. The van der Waals surface area contributed by atoms with Gasteiger partial charge in [0.15, 0.2) is 0 Å². The predicted molar refractivity (Wildman–Crippen MR) is 77.2 cm³/mol. The number of likely N-dealkylation sites (tertiary alicyclic amines) is 1. The van der Waals surface area contributed by atoms with E-state index in [1.807, 2.05) is 24.8 Å². The van der Waals surface area contributed by atoms with Crippen molar-refractivity contribution in [3.63, 3.8) is 0 Å². The van der Waals surface area contributed by atoms with Gasteiger partial charge in [0.2, 0.25) is 5.91 Å². The number of aromatic nitrogens is 2. The zero-order valence-corrected chi connectivity index (χ0v) is 12.3. The maximum atomic E-state index is 12.1. The van der Waals surface area contributed by atoms with Gasteiger partial charge in [-0.25, -0.2) is 0 Å². The Kier molecular flexibility index (Phi) is 5.82. The van der Waals surface area contributed by atoms with E-state index >= 15 is 0 Å². The Morgan fingerprint density at radius 3 is 2.58 bits per heavy atom. The molecule has 0 aromatic carbocycles. The predicted octanol–water partition coefficient (Wildman–Crippen LogP) is 1.52. The van der Waals surface area contributed by atoms with Crippen LogP contribution in [0.3, 0.4) is 0 Å². The van der Waals surface area contributed by atoms with Crippen LogP contribution in [-0.2, 0) is 4.79 Å². The van der Waals surface area contributed by atoms with Crippen LogP contribution in [0.2, 0.25) is 0 Å². The van der Waals surface area contributed by atoms with Crippen LogP contribution in [0.15, 0.2) is 12.3 Å². The third-order valence-corrected chi connectivity index (χ3v) is 3.77. The Bertz CT molecular complexity index is 385. The quantitative estimate of drug-likeness (QED) is 0.885. The van der Waals surface area contributed by atoms with Gasteiger partial charge in [0.25, 0.3) is 0 Å². The lowest BCUT2D eigenvalue weighted by Gasteiger charge is -2.33. The maximum Gasteiger partial charge on any atom is 0.239 e. The van der Waals surface area contributed by atoms with Gasteiger partial charge in [0.1, 0.15) is 0 Å². The van der Waals surface area contributed by atoms with Crippen molar-refractivity contribution in [3.05, 3.63) is 18.0 Å². The van der Waals surface area contributed by atoms with Crippen molar-refractivity contribution in [1.29, 1.82) is 0 Å². The van der Waals surface area contributed by atoms with Crippen molar-refractivity contribution in [1.82, 2.24) is 15.1 Å². The molecule has 1 aliphatic rings. The fourth-order valence-electron chi connectivity index (χ4n) is 2.40. The van der Waals surface area contributed by atoms with Crippen molar-refractivity contribution >= 4 is 18.3 Å². The molecule has 0 aliphatic carbocycles. The van der Waals surface area contributed by atoms with E-state index < -0.39 is 0 Å². The van der Waals surface area contributed by atoms with Crippen LogP contribution >= 0.6 is 12.4 Å². The van der Waals surface area contributed by atoms with Crippen LogP contribution in [0.25, 0.3) is 0 Å². The number of hydrogen-bond donors (Lipinski definition) is 2. The van der Waals surface area contributed by atoms with Crippen molar-refractivity contribution in [2.75, 3.05) is 13.1 Å². The van der Waals surface area contributed by atoms with E-state index in [9.17, 15) is 4.79 Å². The maximum absolute atomic E-state index is 12.1. The zero-order chi connectivity index (χ0) is 13.1. The molecular weight excluding hydrogens is 264 g/mol. The van der Waals surface area contributed by atoms with Gasteiger partial charge < -0.3 is 10.6 Å². The van der Waals surface area contributed by atoms with Gasteiger partial charge in [-0.15, -0.1) is 12.4 Å². The Balaban J connectivity index is 0.00000180. The van der Waals surface area contributed by atoms with E-state index in [2.05, 4.69) is 10.2 Å². The number of hydrogen-bond acceptors (Lipinski definition) is 3. The van der Waals surface area contributed by atoms with Gasteiger partial charge in [-0.2, -0.15) is 5.10 Å². The molecule has 3 N–H and O–H groups in total. The number of carbonyl (C=O) groups excluding carboxylic acids is 1. The van der Waals surface area contributed by atoms with Gasteiger partial charge in [-0.1, -0.05) is 13.8 Å². The molecule has 1 aliphatic heterocycles. The lowest BCUT2D eigenvalue weighted by atomic mass is 9.92. The molecule has 1 aromatic rings. The Morgan fingerprint density at radius 1 is 1.47 bits per heavy atom. The standard InChI is InChI=1S/C13H22N4O.ClH/c1-9(2)12(14)13(18)17-7-4-10(5-8-17)11-3-6-15-16-11;/h3,6,9-10,12H,4-5,7-8,14H2,1-2H3,(H,15,16);1H/t12-;/m0./s1. The van der Waals surface area contributed by atoms with E-state index in [4.69, 9.17) is 5.73 Å². The van der Waals surface area contributed by atoms with E-state index in [-0.39, 0.29) is 30.3 Å². The first kappa shape index (κ1) is 16.0. The van der Waals surface area contributed by atoms with Crippen molar-refractivity contribution in [2.24, 2.45) is 11.7 Å². The number of halogens is 1. The molecule has 0 bridgehead atoms. The molecule has 1 atom stereocenters. The second-order valence-corrected chi connectivity index (χ2v) is 5.38. The summed E-state index contributed by atoms with van der Waals surface area (Å²) >= 11 is 0. The van der Waals surface area contributed by atoms with Gasteiger partial charge >= 0.3 is 0 Å². The first-order valence-corrected chi connectivity index (χ1v) is 6.63. The molecule has 0 saturated carbocycles. The highest BCUT2D eigenvalue weighted by Gasteiger charge is 2.28. The van der Waals surface area contributed by atoms with E-state index in [0.29, 0.717) is 5.92 Å². The Labute approximate surface area is 120 Å². The molecule has 0 spiro atoms. The molecule has 1 saturated heterocycles. The fraction of sp³-hybridized carbons (Fsp3) is 0.692. The number of H-pyrrole nitrogens is 1. The van der Waals surface area contributed by atoms with Gasteiger partial charge in [-0.3, -0.25) is 9.89 Å². The van der Waals surface area contributed by atoms with Crippen LogP contribution in [0.1, 0.15) is 38.3 Å². The number of aromatic amines is 1. The molecule has 1 amide bonds. The lowest BCUT2D eigenvalue weighted by molar-refractivity contribution is -0.134. The van der Waals surface area contributed by atoms with E-state index in [0.717, 1.165) is 25.9 Å². The second-order valence-electron chi connectivity index (χ2n) is 5.38. The third-order valence-electron chi connectivity index (χ3n) is 3.77. The van der Waals surface area contributed by atoms with Crippen LogP contribution in [0, 0.1) is 5.92 Å². The average molecular weight is 287 g/mol. The summed E-state index contributed by atoms with van der Waals surface area (Å²) in [5.41, 5.74) is 7.09. The fourth-order valence-corrected chi connectivity index (χ4v) is 2.40. The van der Waals surface area contributed by atoms with Crippen molar-refractivity contribution in [3.8, 4) is 0 Å². The zero-order valence-electron chi connectivity index (χ0n) is 11.5. The minimum absolute atomic E-state index is 0. The molecule has 6 heteroatoms. The summed E-state index contributed by atoms with van der Waals surface area (Å²) in [7, 11) is 0. The van der Waals surface area contributed by atoms with Crippen LogP contribution in [-0.4, -0.2) is 40.1 Å². The lowest BCUT2D eigenvalue weighted by Crippen LogP contribution is -2.49. The first-order valence-electron chi connectivity index (χ1n) is 6.63. The second kappa shape index (κ2) is 6.91. The van der Waals surface area contributed by atoms with Crippen molar-refractivity contribution in [2.45, 2.75) is 38.6 Å². The van der Waals surface area contributed by atoms with Gasteiger partial charge in [0, 0.05) is 30.9 Å².